The first-order valence-corrected chi connectivity index (χ1v) is 5.83. The van der Waals surface area contributed by atoms with Gasteiger partial charge in [-0.1, -0.05) is 29.8 Å². The van der Waals surface area contributed by atoms with E-state index in [0.29, 0.717) is 6.54 Å². The van der Waals surface area contributed by atoms with Crippen molar-refractivity contribution in [2.24, 2.45) is 0 Å². The first-order valence-electron chi connectivity index (χ1n) is 5.83. The molecule has 0 fully saturated rings. The standard InChI is InChI=1S/C13H17N3O/c17-13(16-12-4-2-1-3-5-12)15-10-11-6-8-14-9-7-11/h1-6,14H,7-10H2,(H2,15,16,17). The SMILES string of the molecule is O=C(NCC1=CCNCC1)Nc1ccccc1. The van der Waals surface area contributed by atoms with Crippen LogP contribution < -0.4 is 16.0 Å². The zero-order chi connectivity index (χ0) is 11.9. The van der Waals surface area contributed by atoms with Gasteiger partial charge in [0, 0.05) is 18.8 Å². The summed E-state index contributed by atoms with van der Waals surface area (Å²) in [6.07, 6.45) is 3.14. The van der Waals surface area contributed by atoms with Crippen molar-refractivity contribution in [2.45, 2.75) is 6.42 Å². The number of nitrogens with one attached hydrogen (secondary N) is 3. The number of carbonyl (C=O) groups is 1. The van der Waals surface area contributed by atoms with Gasteiger partial charge in [-0.3, -0.25) is 0 Å². The summed E-state index contributed by atoms with van der Waals surface area (Å²) in [7, 11) is 0. The molecule has 0 radical (unpaired) electrons. The molecular weight excluding hydrogens is 214 g/mol. The number of carbonyl (C=O) groups excluding carboxylic acids is 1. The van der Waals surface area contributed by atoms with Crippen LogP contribution in [0.1, 0.15) is 6.42 Å². The molecular formula is C13H17N3O. The number of anilines is 1. The molecule has 1 aliphatic rings. The van der Waals surface area contributed by atoms with Crippen LogP contribution in [-0.2, 0) is 0 Å². The molecule has 0 unspecified atom stereocenters. The van der Waals surface area contributed by atoms with Gasteiger partial charge in [0.25, 0.3) is 0 Å². The molecule has 1 aromatic carbocycles. The Morgan fingerprint density at radius 2 is 2.12 bits per heavy atom. The first-order chi connectivity index (χ1) is 8.34. The van der Waals surface area contributed by atoms with Crippen LogP contribution in [0.5, 0.6) is 0 Å². The predicted molar refractivity (Wildman–Crippen MR) is 69.0 cm³/mol. The fourth-order valence-corrected chi connectivity index (χ4v) is 1.72. The van der Waals surface area contributed by atoms with Gasteiger partial charge in [0.05, 0.1) is 0 Å². The molecule has 0 aromatic heterocycles. The molecule has 0 atom stereocenters. The molecule has 17 heavy (non-hydrogen) atoms. The Morgan fingerprint density at radius 3 is 2.82 bits per heavy atom. The van der Waals surface area contributed by atoms with Crippen LogP contribution in [0.25, 0.3) is 0 Å². The summed E-state index contributed by atoms with van der Waals surface area (Å²) in [5.41, 5.74) is 2.09. The van der Waals surface area contributed by atoms with Gasteiger partial charge in [-0.05, 0) is 25.1 Å². The van der Waals surface area contributed by atoms with Crippen molar-refractivity contribution in [1.82, 2.24) is 10.6 Å². The van der Waals surface area contributed by atoms with E-state index in [2.05, 4.69) is 22.0 Å². The van der Waals surface area contributed by atoms with E-state index >= 15 is 0 Å². The lowest BCUT2D eigenvalue weighted by Crippen LogP contribution is -2.32. The zero-order valence-corrected chi connectivity index (χ0v) is 9.70. The van der Waals surface area contributed by atoms with Crippen molar-refractivity contribution in [2.75, 3.05) is 25.0 Å². The number of para-hydroxylation sites is 1. The van der Waals surface area contributed by atoms with E-state index in [1.54, 1.807) is 0 Å². The molecule has 1 heterocycles. The Labute approximate surface area is 101 Å². The van der Waals surface area contributed by atoms with E-state index < -0.39 is 0 Å². The minimum atomic E-state index is -0.157. The average Bonchev–Trinajstić information content (AvgIpc) is 2.39. The average molecular weight is 231 g/mol. The number of benzene rings is 1. The molecule has 0 saturated carbocycles. The van der Waals surface area contributed by atoms with Gasteiger partial charge in [-0.25, -0.2) is 4.79 Å². The third kappa shape index (κ3) is 3.92. The Bertz CT molecular complexity index is 400. The fourth-order valence-electron chi connectivity index (χ4n) is 1.72. The van der Waals surface area contributed by atoms with E-state index in [1.807, 2.05) is 30.3 Å². The van der Waals surface area contributed by atoms with Gasteiger partial charge in [0.1, 0.15) is 0 Å². The summed E-state index contributed by atoms with van der Waals surface area (Å²) in [6.45, 7) is 2.52. The minimum absolute atomic E-state index is 0.157. The topological polar surface area (TPSA) is 53.2 Å². The highest BCUT2D eigenvalue weighted by Gasteiger charge is 2.05. The van der Waals surface area contributed by atoms with Crippen LogP contribution in [0.2, 0.25) is 0 Å². The molecule has 1 aromatic rings. The minimum Gasteiger partial charge on any atom is -0.334 e. The molecule has 0 aliphatic carbocycles. The Hall–Kier alpha value is -1.81. The van der Waals surface area contributed by atoms with E-state index in [4.69, 9.17) is 0 Å². The van der Waals surface area contributed by atoms with Gasteiger partial charge in [0.2, 0.25) is 0 Å². The number of hydrogen-bond acceptors (Lipinski definition) is 2. The van der Waals surface area contributed by atoms with Crippen molar-refractivity contribution in [1.29, 1.82) is 0 Å². The first kappa shape index (κ1) is 11.7. The Morgan fingerprint density at radius 1 is 1.29 bits per heavy atom. The lowest BCUT2D eigenvalue weighted by Gasteiger charge is -2.14. The van der Waals surface area contributed by atoms with Gasteiger partial charge in [0.15, 0.2) is 0 Å². The quantitative estimate of drug-likeness (QED) is 0.694. The fraction of sp³-hybridized carbons (Fsp3) is 0.308. The van der Waals surface area contributed by atoms with Crippen molar-refractivity contribution in [3.05, 3.63) is 42.0 Å². The van der Waals surface area contributed by atoms with E-state index in [-0.39, 0.29) is 6.03 Å². The number of hydrogen-bond donors (Lipinski definition) is 3. The summed E-state index contributed by atoms with van der Waals surface area (Å²) in [5, 5.41) is 8.88. The molecule has 2 amide bonds. The third-order valence-corrected chi connectivity index (χ3v) is 2.67. The Kier molecular flexibility index (Phi) is 4.16. The second kappa shape index (κ2) is 6.06. The molecule has 0 spiro atoms. The highest BCUT2D eigenvalue weighted by atomic mass is 16.2. The second-order valence-electron chi connectivity index (χ2n) is 3.99. The Balaban J connectivity index is 1.76. The van der Waals surface area contributed by atoms with Crippen molar-refractivity contribution in [3.63, 3.8) is 0 Å². The van der Waals surface area contributed by atoms with Crippen molar-refractivity contribution >= 4 is 11.7 Å². The molecule has 4 heteroatoms. The number of amides is 2. The summed E-state index contributed by atoms with van der Waals surface area (Å²) in [4.78, 5) is 11.6. The molecule has 3 N–H and O–H groups in total. The molecule has 2 rings (SSSR count). The monoisotopic (exact) mass is 231 g/mol. The molecule has 90 valence electrons. The summed E-state index contributed by atoms with van der Waals surface area (Å²) >= 11 is 0. The lowest BCUT2D eigenvalue weighted by atomic mass is 10.1. The number of urea groups is 1. The molecule has 0 saturated heterocycles. The summed E-state index contributed by atoms with van der Waals surface area (Å²) in [6, 6.07) is 9.28. The smallest absolute Gasteiger partial charge is 0.319 e. The van der Waals surface area contributed by atoms with Crippen LogP contribution in [0.3, 0.4) is 0 Å². The van der Waals surface area contributed by atoms with Gasteiger partial charge in [-0.2, -0.15) is 0 Å². The van der Waals surface area contributed by atoms with Crippen LogP contribution in [-0.4, -0.2) is 25.7 Å². The van der Waals surface area contributed by atoms with Crippen LogP contribution in [0.4, 0.5) is 10.5 Å². The largest absolute Gasteiger partial charge is 0.334 e. The van der Waals surface area contributed by atoms with Gasteiger partial charge < -0.3 is 16.0 Å². The summed E-state index contributed by atoms with van der Waals surface area (Å²) < 4.78 is 0. The molecule has 4 nitrogen and oxygen atoms in total. The van der Waals surface area contributed by atoms with Gasteiger partial charge in [-0.15, -0.1) is 0 Å². The number of rotatable bonds is 3. The maximum Gasteiger partial charge on any atom is 0.319 e. The lowest BCUT2D eigenvalue weighted by molar-refractivity contribution is 0.252. The van der Waals surface area contributed by atoms with Crippen LogP contribution in [0.15, 0.2) is 42.0 Å². The van der Waals surface area contributed by atoms with E-state index in [9.17, 15) is 4.79 Å². The predicted octanol–water partition coefficient (Wildman–Crippen LogP) is 1.73. The maximum absolute atomic E-state index is 11.6. The molecule has 1 aliphatic heterocycles. The van der Waals surface area contributed by atoms with Crippen molar-refractivity contribution < 1.29 is 4.79 Å². The third-order valence-electron chi connectivity index (χ3n) is 2.67. The summed E-state index contributed by atoms with van der Waals surface area (Å²) in [5.74, 6) is 0. The van der Waals surface area contributed by atoms with Gasteiger partial charge >= 0.3 is 6.03 Å². The zero-order valence-electron chi connectivity index (χ0n) is 9.70. The second-order valence-corrected chi connectivity index (χ2v) is 3.99. The maximum atomic E-state index is 11.6. The van der Waals surface area contributed by atoms with Crippen LogP contribution >= 0.6 is 0 Å². The molecule has 0 bridgehead atoms. The van der Waals surface area contributed by atoms with Crippen LogP contribution in [0, 0.1) is 0 Å². The highest BCUT2D eigenvalue weighted by molar-refractivity contribution is 5.89. The van der Waals surface area contributed by atoms with Crippen molar-refractivity contribution in [3.8, 4) is 0 Å². The van der Waals surface area contributed by atoms with E-state index in [0.717, 1.165) is 25.2 Å². The highest BCUT2D eigenvalue weighted by Crippen LogP contribution is 2.05. The van der Waals surface area contributed by atoms with E-state index in [1.165, 1.54) is 5.57 Å². The normalized spacial score (nSPS) is 14.9.